The largest absolute Gasteiger partial charge is 0.350 e. The Hall–Kier alpha value is -2.70. The predicted molar refractivity (Wildman–Crippen MR) is 118 cm³/mol. The SMILES string of the molecule is Cc1ccccc1CCC(N)C(=O)N1CCCC1C(=O)NCc1ccc(CN)cc1. The number of nitrogens with two attached hydrogens (primary N) is 2. The van der Waals surface area contributed by atoms with Crippen LogP contribution in [0.15, 0.2) is 48.5 Å². The molecule has 0 radical (unpaired) electrons. The quantitative estimate of drug-likeness (QED) is 0.622. The van der Waals surface area contributed by atoms with Crippen molar-refractivity contribution in [2.45, 2.75) is 57.8 Å². The smallest absolute Gasteiger partial charge is 0.243 e. The van der Waals surface area contributed by atoms with Crippen LogP contribution in [0.4, 0.5) is 0 Å². The molecule has 1 saturated heterocycles. The Kier molecular flexibility index (Phi) is 7.60. The summed E-state index contributed by atoms with van der Waals surface area (Å²) in [5.74, 6) is -0.247. The molecule has 0 saturated carbocycles. The number of rotatable bonds is 8. The van der Waals surface area contributed by atoms with E-state index in [1.807, 2.05) is 36.4 Å². The number of aryl methyl sites for hydroxylation is 2. The van der Waals surface area contributed by atoms with Gasteiger partial charge in [0.25, 0.3) is 0 Å². The zero-order valence-corrected chi connectivity index (χ0v) is 17.6. The van der Waals surface area contributed by atoms with Crippen LogP contribution >= 0.6 is 0 Å². The maximum absolute atomic E-state index is 12.9. The molecule has 3 rings (SSSR count). The van der Waals surface area contributed by atoms with Gasteiger partial charge >= 0.3 is 0 Å². The number of hydrogen-bond acceptors (Lipinski definition) is 4. The molecule has 160 valence electrons. The average molecular weight is 409 g/mol. The molecule has 6 heteroatoms. The summed E-state index contributed by atoms with van der Waals surface area (Å²) < 4.78 is 0. The van der Waals surface area contributed by atoms with Crippen LogP contribution in [-0.4, -0.2) is 35.3 Å². The first-order chi connectivity index (χ1) is 14.5. The van der Waals surface area contributed by atoms with Crippen molar-refractivity contribution in [3.63, 3.8) is 0 Å². The van der Waals surface area contributed by atoms with Crippen molar-refractivity contribution in [2.75, 3.05) is 6.54 Å². The summed E-state index contributed by atoms with van der Waals surface area (Å²) in [4.78, 5) is 27.3. The summed E-state index contributed by atoms with van der Waals surface area (Å²) in [7, 11) is 0. The van der Waals surface area contributed by atoms with Crippen molar-refractivity contribution in [1.29, 1.82) is 0 Å². The third-order valence-corrected chi connectivity index (χ3v) is 5.87. The highest BCUT2D eigenvalue weighted by molar-refractivity contribution is 5.90. The minimum atomic E-state index is -0.596. The average Bonchev–Trinajstić information content (AvgIpc) is 3.26. The molecule has 1 aliphatic rings. The Balaban J connectivity index is 1.53. The molecular weight excluding hydrogens is 376 g/mol. The summed E-state index contributed by atoms with van der Waals surface area (Å²) in [5, 5.41) is 2.96. The Morgan fingerprint density at radius 3 is 2.53 bits per heavy atom. The van der Waals surface area contributed by atoms with E-state index >= 15 is 0 Å². The van der Waals surface area contributed by atoms with Crippen LogP contribution in [0.2, 0.25) is 0 Å². The van der Waals surface area contributed by atoms with Gasteiger partial charge in [0.15, 0.2) is 0 Å². The lowest BCUT2D eigenvalue weighted by molar-refractivity contribution is -0.139. The molecule has 0 spiro atoms. The number of hydrogen-bond donors (Lipinski definition) is 3. The summed E-state index contributed by atoms with van der Waals surface area (Å²) in [6.07, 6.45) is 2.82. The Bertz CT molecular complexity index is 866. The molecule has 2 aromatic carbocycles. The third-order valence-electron chi connectivity index (χ3n) is 5.87. The Morgan fingerprint density at radius 2 is 1.83 bits per heavy atom. The van der Waals surface area contributed by atoms with Gasteiger partial charge in [0.1, 0.15) is 6.04 Å². The number of benzene rings is 2. The summed E-state index contributed by atoms with van der Waals surface area (Å²) in [6.45, 7) is 3.57. The van der Waals surface area contributed by atoms with Gasteiger partial charge in [0.2, 0.25) is 11.8 Å². The topological polar surface area (TPSA) is 101 Å². The van der Waals surface area contributed by atoms with E-state index in [2.05, 4.69) is 24.4 Å². The summed E-state index contributed by atoms with van der Waals surface area (Å²) in [5.41, 5.74) is 16.3. The first-order valence-electron chi connectivity index (χ1n) is 10.7. The van der Waals surface area contributed by atoms with E-state index in [0.717, 1.165) is 24.0 Å². The lowest BCUT2D eigenvalue weighted by Crippen LogP contribution is -2.51. The van der Waals surface area contributed by atoms with Crippen LogP contribution in [0.5, 0.6) is 0 Å². The second-order valence-electron chi connectivity index (χ2n) is 8.00. The number of nitrogens with zero attached hydrogens (tertiary/aromatic N) is 1. The third kappa shape index (κ3) is 5.46. The van der Waals surface area contributed by atoms with E-state index in [1.165, 1.54) is 11.1 Å². The molecule has 2 unspecified atom stereocenters. The second-order valence-corrected chi connectivity index (χ2v) is 8.00. The number of nitrogens with one attached hydrogen (secondary N) is 1. The highest BCUT2D eigenvalue weighted by Crippen LogP contribution is 2.20. The van der Waals surface area contributed by atoms with Gasteiger partial charge in [-0.3, -0.25) is 9.59 Å². The molecule has 5 N–H and O–H groups in total. The van der Waals surface area contributed by atoms with Gasteiger partial charge in [-0.1, -0.05) is 48.5 Å². The zero-order valence-electron chi connectivity index (χ0n) is 17.6. The van der Waals surface area contributed by atoms with Gasteiger partial charge in [-0.25, -0.2) is 0 Å². The first-order valence-corrected chi connectivity index (χ1v) is 10.7. The minimum Gasteiger partial charge on any atom is -0.350 e. The normalized spacial score (nSPS) is 17.0. The number of likely N-dealkylation sites (tertiary alicyclic amines) is 1. The van der Waals surface area contributed by atoms with E-state index in [-0.39, 0.29) is 11.8 Å². The highest BCUT2D eigenvalue weighted by atomic mass is 16.2. The Labute approximate surface area is 178 Å². The van der Waals surface area contributed by atoms with E-state index in [4.69, 9.17) is 11.5 Å². The molecule has 0 bridgehead atoms. The van der Waals surface area contributed by atoms with Gasteiger partial charge < -0.3 is 21.7 Å². The molecule has 0 aromatic heterocycles. The van der Waals surface area contributed by atoms with Crippen molar-refractivity contribution in [3.05, 3.63) is 70.8 Å². The fourth-order valence-corrected chi connectivity index (χ4v) is 3.94. The molecular formula is C24H32N4O2. The molecule has 2 aromatic rings. The lowest BCUT2D eigenvalue weighted by Gasteiger charge is -2.27. The highest BCUT2D eigenvalue weighted by Gasteiger charge is 2.35. The van der Waals surface area contributed by atoms with Crippen molar-refractivity contribution < 1.29 is 9.59 Å². The standard InChI is InChI=1S/C24H32N4O2/c1-17-5-2-3-6-20(17)12-13-21(26)24(30)28-14-4-7-22(28)23(29)27-16-19-10-8-18(15-25)9-11-19/h2-3,5-6,8-11,21-22H,4,7,12-16,25-26H2,1H3,(H,27,29). The second kappa shape index (κ2) is 10.4. The lowest BCUT2D eigenvalue weighted by atomic mass is 10.0. The number of carbonyl (C=O) groups excluding carboxylic acids is 2. The van der Waals surface area contributed by atoms with Crippen LogP contribution in [0, 0.1) is 6.92 Å². The fourth-order valence-electron chi connectivity index (χ4n) is 3.94. The molecule has 2 amide bonds. The van der Waals surface area contributed by atoms with Gasteiger partial charge in [-0.15, -0.1) is 0 Å². The van der Waals surface area contributed by atoms with Gasteiger partial charge in [0, 0.05) is 19.6 Å². The van der Waals surface area contributed by atoms with E-state index in [9.17, 15) is 9.59 Å². The summed E-state index contributed by atoms with van der Waals surface area (Å²) in [6, 6.07) is 14.9. The van der Waals surface area contributed by atoms with Crippen molar-refractivity contribution in [1.82, 2.24) is 10.2 Å². The Morgan fingerprint density at radius 1 is 1.13 bits per heavy atom. The summed E-state index contributed by atoms with van der Waals surface area (Å²) >= 11 is 0. The van der Waals surface area contributed by atoms with Gasteiger partial charge in [-0.2, -0.15) is 0 Å². The molecule has 30 heavy (non-hydrogen) atoms. The zero-order chi connectivity index (χ0) is 21.5. The molecule has 0 aliphatic carbocycles. The molecule has 1 heterocycles. The minimum absolute atomic E-state index is 0.116. The first kappa shape index (κ1) is 22.0. The van der Waals surface area contributed by atoms with E-state index in [1.54, 1.807) is 4.90 Å². The maximum Gasteiger partial charge on any atom is 0.243 e. The van der Waals surface area contributed by atoms with Crippen LogP contribution in [0.25, 0.3) is 0 Å². The van der Waals surface area contributed by atoms with Crippen LogP contribution in [-0.2, 0) is 29.1 Å². The van der Waals surface area contributed by atoms with Crippen LogP contribution < -0.4 is 16.8 Å². The molecule has 1 fully saturated rings. The number of carbonyl (C=O) groups is 2. The van der Waals surface area contributed by atoms with Gasteiger partial charge in [-0.05, 0) is 54.9 Å². The van der Waals surface area contributed by atoms with E-state index < -0.39 is 12.1 Å². The monoisotopic (exact) mass is 408 g/mol. The van der Waals surface area contributed by atoms with E-state index in [0.29, 0.717) is 32.5 Å². The molecule has 2 atom stereocenters. The predicted octanol–water partition coefficient (Wildman–Crippen LogP) is 2.02. The molecule has 1 aliphatic heterocycles. The van der Waals surface area contributed by atoms with Crippen molar-refractivity contribution in [2.24, 2.45) is 11.5 Å². The maximum atomic E-state index is 12.9. The number of amides is 2. The van der Waals surface area contributed by atoms with Crippen LogP contribution in [0.1, 0.15) is 41.5 Å². The molecule has 6 nitrogen and oxygen atoms in total. The fraction of sp³-hybridized carbons (Fsp3) is 0.417. The van der Waals surface area contributed by atoms with Crippen molar-refractivity contribution in [3.8, 4) is 0 Å². The van der Waals surface area contributed by atoms with Crippen LogP contribution in [0.3, 0.4) is 0 Å². The van der Waals surface area contributed by atoms with Gasteiger partial charge in [0.05, 0.1) is 6.04 Å². The van der Waals surface area contributed by atoms with Crippen molar-refractivity contribution >= 4 is 11.8 Å².